The summed E-state index contributed by atoms with van der Waals surface area (Å²) in [6.45, 7) is 3.31. The molecular formula is C15H25N. The smallest absolute Gasteiger partial charge is 0.0416 e. The molecule has 0 amide bonds. The number of unbranched alkanes of at least 4 members (excludes halogenated alkanes) is 1. The first-order valence-electron chi connectivity index (χ1n) is 5.94. The summed E-state index contributed by atoms with van der Waals surface area (Å²) in [4.78, 5) is 0. The van der Waals surface area contributed by atoms with Gasteiger partial charge in [0.05, 0.1) is 0 Å². The number of anilines is 1. The lowest BCUT2D eigenvalue weighted by molar-refractivity contribution is 0.833. The lowest BCUT2D eigenvalue weighted by Crippen LogP contribution is -2.05. The predicted molar refractivity (Wildman–Crippen MR) is 76.0 cm³/mol. The quantitative estimate of drug-likeness (QED) is 0.721. The van der Waals surface area contributed by atoms with Gasteiger partial charge in [0.15, 0.2) is 0 Å². The van der Waals surface area contributed by atoms with Crippen LogP contribution in [0.4, 0.5) is 5.69 Å². The molecule has 0 heterocycles. The molecule has 0 atom stereocenters. The Morgan fingerprint density at radius 1 is 1.38 bits per heavy atom. The van der Waals surface area contributed by atoms with E-state index in [0.717, 1.165) is 6.54 Å². The molecule has 1 nitrogen and oxygen atoms in total. The summed E-state index contributed by atoms with van der Waals surface area (Å²) in [5.41, 5.74) is 4.19. The van der Waals surface area contributed by atoms with E-state index in [1.54, 1.807) is 0 Å². The number of allylic oxidation sites excluding steroid dienone is 1. The number of nitrogens with one attached hydrogen (secondary N) is 1. The molecule has 1 aromatic rings. The van der Waals surface area contributed by atoms with E-state index in [1.807, 2.05) is 0 Å². The SMILES string of the molecule is C.CCCCNc1cccc2c1C=CCC2.[HH]. The number of rotatable bonds is 4. The number of hydrogen-bond donors (Lipinski definition) is 1. The Bertz CT molecular complexity index is 358. The molecular weight excluding hydrogens is 194 g/mol. The highest BCUT2D eigenvalue weighted by molar-refractivity contribution is 5.70. The Hall–Kier alpha value is -1.24. The monoisotopic (exact) mass is 219 g/mol. The minimum Gasteiger partial charge on any atom is -0.385 e. The normalized spacial score (nSPS) is 12.8. The molecule has 0 saturated carbocycles. The van der Waals surface area contributed by atoms with Crippen molar-refractivity contribution >= 4 is 11.8 Å². The van der Waals surface area contributed by atoms with Gasteiger partial charge < -0.3 is 5.32 Å². The van der Waals surface area contributed by atoms with E-state index in [-0.39, 0.29) is 8.85 Å². The van der Waals surface area contributed by atoms with Crippen molar-refractivity contribution in [2.24, 2.45) is 0 Å². The molecule has 90 valence electrons. The molecule has 0 fully saturated rings. The first kappa shape index (κ1) is 12.8. The van der Waals surface area contributed by atoms with Gasteiger partial charge in [-0.2, -0.15) is 0 Å². The second-order valence-electron chi connectivity index (χ2n) is 4.10. The maximum atomic E-state index is 3.52. The number of fused-ring (bicyclic) bond motifs is 1. The fourth-order valence-corrected chi connectivity index (χ4v) is 2.02. The van der Waals surface area contributed by atoms with Crippen LogP contribution < -0.4 is 5.32 Å². The van der Waals surface area contributed by atoms with Crippen LogP contribution in [0.1, 0.15) is 46.2 Å². The molecule has 1 N–H and O–H groups in total. The Labute approximate surface area is 101 Å². The maximum absolute atomic E-state index is 3.52. The van der Waals surface area contributed by atoms with E-state index < -0.39 is 0 Å². The maximum Gasteiger partial charge on any atom is 0.0416 e. The number of hydrogen-bond acceptors (Lipinski definition) is 1. The average molecular weight is 219 g/mol. The molecule has 1 aliphatic carbocycles. The first-order chi connectivity index (χ1) is 7.42. The van der Waals surface area contributed by atoms with Crippen LogP contribution in [0.2, 0.25) is 0 Å². The van der Waals surface area contributed by atoms with Crippen molar-refractivity contribution in [2.45, 2.75) is 40.0 Å². The third-order valence-electron chi connectivity index (χ3n) is 2.91. The highest BCUT2D eigenvalue weighted by Crippen LogP contribution is 2.26. The molecule has 0 bridgehead atoms. The summed E-state index contributed by atoms with van der Waals surface area (Å²) in [6.07, 6.45) is 9.40. The van der Waals surface area contributed by atoms with Gasteiger partial charge in [-0.15, -0.1) is 0 Å². The van der Waals surface area contributed by atoms with E-state index in [1.165, 1.54) is 42.5 Å². The second kappa shape index (κ2) is 6.37. The molecule has 2 rings (SSSR count). The Morgan fingerprint density at radius 3 is 3.06 bits per heavy atom. The van der Waals surface area contributed by atoms with Gasteiger partial charge in [-0.1, -0.05) is 45.1 Å². The van der Waals surface area contributed by atoms with Gasteiger partial charge in [0.2, 0.25) is 0 Å². The summed E-state index contributed by atoms with van der Waals surface area (Å²) in [5, 5.41) is 3.52. The van der Waals surface area contributed by atoms with Crippen LogP contribution in [0.5, 0.6) is 0 Å². The van der Waals surface area contributed by atoms with Crippen molar-refractivity contribution in [2.75, 3.05) is 11.9 Å². The van der Waals surface area contributed by atoms with Crippen molar-refractivity contribution in [3.05, 3.63) is 35.4 Å². The molecule has 0 radical (unpaired) electrons. The van der Waals surface area contributed by atoms with Gasteiger partial charge in [0.25, 0.3) is 0 Å². The zero-order valence-electron chi connectivity index (χ0n) is 9.42. The third-order valence-corrected chi connectivity index (χ3v) is 2.91. The average Bonchev–Trinajstić information content (AvgIpc) is 2.30. The lowest BCUT2D eigenvalue weighted by Gasteiger charge is -2.16. The highest BCUT2D eigenvalue weighted by Gasteiger charge is 2.07. The summed E-state index contributed by atoms with van der Waals surface area (Å²) in [6, 6.07) is 6.58. The van der Waals surface area contributed by atoms with Crippen molar-refractivity contribution in [3.63, 3.8) is 0 Å². The van der Waals surface area contributed by atoms with Crippen molar-refractivity contribution in [3.8, 4) is 0 Å². The molecule has 16 heavy (non-hydrogen) atoms. The minimum absolute atomic E-state index is 0. The Kier molecular flexibility index (Phi) is 5.10. The fraction of sp³-hybridized carbons (Fsp3) is 0.467. The van der Waals surface area contributed by atoms with Gasteiger partial charge in [-0.05, 0) is 30.9 Å². The summed E-state index contributed by atoms with van der Waals surface area (Å²) >= 11 is 0. The van der Waals surface area contributed by atoms with Gasteiger partial charge in [-0.3, -0.25) is 0 Å². The number of benzene rings is 1. The van der Waals surface area contributed by atoms with E-state index in [0.29, 0.717) is 0 Å². The van der Waals surface area contributed by atoms with Crippen molar-refractivity contribution in [1.82, 2.24) is 0 Å². The van der Waals surface area contributed by atoms with Crippen LogP contribution in [0.15, 0.2) is 24.3 Å². The minimum atomic E-state index is 0. The summed E-state index contributed by atoms with van der Waals surface area (Å²) in [5.74, 6) is 0. The molecule has 0 aromatic heterocycles. The largest absolute Gasteiger partial charge is 0.385 e. The van der Waals surface area contributed by atoms with Crippen molar-refractivity contribution < 1.29 is 1.43 Å². The summed E-state index contributed by atoms with van der Waals surface area (Å²) in [7, 11) is 0. The molecule has 0 aliphatic heterocycles. The van der Waals surface area contributed by atoms with E-state index in [2.05, 4.69) is 42.6 Å². The Balaban J connectivity index is 0.00000128. The van der Waals surface area contributed by atoms with Crippen LogP contribution in [0, 0.1) is 0 Å². The van der Waals surface area contributed by atoms with E-state index in [4.69, 9.17) is 0 Å². The third kappa shape index (κ3) is 2.88. The zero-order chi connectivity index (χ0) is 10.5. The number of aryl methyl sites for hydroxylation is 1. The van der Waals surface area contributed by atoms with Crippen LogP contribution in [0.3, 0.4) is 0 Å². The van der Waals surface area contributed by atoms with Crippen LogP contribution in [0.25, 0.3) is 6.08 Å². The fourth-order valence-electron chi connectivity index (χ4n) is 2.02. The lowest BCUT2D eigenvalue weighted by atomic mass is 9.96. The van der Waals surface area contributed by atoms with Gasteiger partial charge >= 0.3 is 0 Å². The highest BCUT2D eigenvalue weighted by atomic mass is 14.9. The predicted octanol–water partition coefficient (Wildman–Crippen LogP) is 4.74. The molecule has 1 aromatic carbocycles. The molecule has 0 saturated heterocycles. The van der Waals surface area contributed by atoms with Crippen LogP contribution in [-0.2, 0) is 6.42 Å². The van der Waals surface area contributed by atoms with E-state index >= 15 is 0 Å². The first-order valence-corrected chi connectivity index (χ1v) is 5.94. The van der Waals surface area contributed by atoms with Crippen LogP contribution in [-0.4, -0.2) is 6.54 Å². The van der Waals surface area contributed by atoms with Gasteiger partial charge in [0, 0.05) is 19.2 Å². The van der Waals surface area contributed by atoms with Crippen LogP contribution >= 0.6 is 0 Å². The molecule has 1 heteroatoms. The van der Waals surface area contributed by atoms with Gasteiger partial charge in [0.1, 0.15) is 0 Å². The Morgan fingerprint density at radius 2 is 2.25 bits per heavy atom. The second-order valence-corrected chi connectivity index (χ2v) is 4.10. The molecule has 0 spiro atoms. The zero-order valence-corrected chi connectivity index (χ0v) is 9.42. The van der Waals surface area contributed by atoms with Gasteiger partial charge in [-0.25, -0.2) is 0 Å². The topological polar surface area (TPSA) is 12.0 Å². The molecule has 1 aliphatic rings. The van der Waals surface area contributed by atoms with Crippen molar-refractivity contribution in [1.29, 1.82) is 0 Å². The standard InChI is InChI=1S/C14H19N.CH4.H2/c1-2-3-11-15-14-10-6-8-12-7-4-5-9-13(12)14;;/h5-6,8-10,15H,2-4,7,11H2,1H3;1H4;1H. The van der Waals surface area contributed by atoms with E-state index in [9.17, 15) is 0 Å². The molecule has 0 unspecified atom stereocenters. The summed E-state index contributed by atoms with van der Waals surface area (Å²) < 4.78 is 0.